The molecule has 5 nitrogen and oxygen atoms in total. The van der Waals surface area contributed by atoms with Crippen molar-refractivity contribution in [2.45, 2.75) is 38.7 Å². The zero-order chi connectivity index (χ0) is 18.7. The zero-order valence-corrected chi connectivity index (χ0v) is 15.1. The Hall–Kier alpha value is -1.95. The van der Waals surface area contributed by atoms with Gasteiger partial charge in [-0.3, -0.25) is 9.59 Å². The fourth-order valence-electron chi connectivity index (χ4n) is 4.20. The van der Waals surface area contributed by atoms with E-state index in [1.54, 1.807) is 6.07 Å². The van der Waals surface area contributed by atoms with E-state index < -0.39 is 11.9 Å². The lowest BCUT2D eigenvalue weighted by atomic mass is 9.84. The maximum atomic E-state index is 13.3. The van der Waals surface area contributed by atoms with Gasteiger partial charge in [-0.15, -0.1) is 0 Å². The van der Waals surface area contributed by atoms with Crippen molar-refractivity contribution in [2.75, 3.05) is 19.7 Å². The van der Waals surface area contributed by atoms with Crippen molar-refractivity contribution < 1.29 is 23.8 Å². The highest BCUT2D eigenvalue weighted by Gasteiger charge is 2.41. The first-order valence-electron chi connectivity index (χ1n) is 9.33. The van der Waals surface area contributed by atoms with E-state index in [4.69, 9.17) is 4.74 Å². The van der Waals surface area contributed by atoms with Crippen LogP contribution in [0.3, 0.4) is 0 Å². The van der Waals surface area contributed by atoms with Gasteiger partial charge in [0.1, 0.15) is 5.82 Å². The van der Waals surface area contributed by atoms with Crippen LogP contribution in [0.25, 0.3) is 0 Å². The maximum Gasteiger partial charge on any atom is 0.309 e. The van der Waals surface area contributed by atoms with Gasteiger partial charge in [-0.25, -0.2) is 4.39 Å². The Labute approximate surface area is 153 Å². The molecule has 3 rings (SSSR count). The molecule has 2 aliphatic heterocycles. The van der Waals surface area contributed by atoms with Gasteiger partial charge in [0.25, 0.3) is 0 Å². The SMILES string of the molecule is CC(Cc1cccc(F)c1)C(=O)N1CCC([C@@H]2OCCC2C(=O)O)CC1. The van der Waals surface area contributed by atoms with E-state index in [9.17, 15) is 19.1 Å². The minimum Gasteiger partial charge on any atom is -0.481 e. The van der Waals surface area contributed by atoms with Crippen molar-refractivity contribution in [2.24, 2.45) is 17.8 Å². The van der Waals surface area contributed by atoms with Gasteiger partial charge >= 0.3 is 5.97 Å². The van der Waals surface area contributed by atoms with Gasteiger partial charge in [0.05, 0.1) is 12.0 Å². The van der Waals surface area contributed by atoms with Crippen molar-refractivity contribution in [3.63, 3.8) is 0 Å². The average molecular weight is 363 g/mol. The van der Waals surface area contributed by atoms with Crippen molar-refractivity contribution in [1.29, 1.82) is 0 Å². The van der Waals surface area contributed by atoms with Crippen LogP contribution in [0.1, 0.15) is 31.7 Å². The summed E-state index contributed by atoms with van der Waals surface area (Å²) in [7, 11) is 0. The first-order chi connectivity index (χ1) is 12.5. The molecular weight excluding hydrogens is 337 g/mol. The van der Waals surface area contributed by atoms with Crippen LogP contribution in [0, 0.1) is 23.6 Å². The smallest absolute Gasteiger partial charge is 0.309 e. The van der Waals surface area contributed by atoms with Crippen LogP contribution >= 0.6 is 0 Å². The second kappa shape index (κ2) is 8.16. The van der Waals surface area contributed by atoms with Gasteiger partial charge in [-0.2, -0.15) is 0 Å². The minimum atomic E-state index is -0.783. The van der Waals surface area contributed by atoms with E-state index in [-0.39, 0.29) is 29.7 Å². The number of carboxylic acids is 1. The molecule has 1 aromatic carbocycles. The molecule has 1 N–H and O–H groups in total. The van der Waals surface area contributed by atoms with Crippen molar-refractivity contribution in [3.05, 3.63) is 35.6 Å². The molecule has 0 bridgehead atoms. The number of halogens is 1. The maximum absolute atomic E-state index is 13.3. The number of benzene rings is 1. The second-order valence-electron chi connectivity index (χ2n) is 7.47. The number of nitrogens with zero attached hydrogens (tertiary/aromatic N) is 1. The van der Waals surface area contributed by atoms with Crippen LogP contribution < -0.4 is 0 Å². The minimum absolute atomic E-state index is 0.0786. The molecule has 0 spiro atoms. The molecule has 2 heterocycles. The number of piperidine rings is 1. The number of rotatable bonds is 5. The largest absolute Gasteiger partial charge is 0.481 e. The molecule has 0 aromatic heterocycles. The third-order valence-corrected chi connectivity index (χ3v) is 5.62. The summed E-state index contributed by atoms with van der Waals surface area (Å²) >= 11 is 0. The van der Waals surface area contributed by atoms with Gasteiger partial charge in [-0.05, 0) is 49.3 Å². The summed E-state index contributed by atoms with van der Waals surface area (Å²) in [6.07, 6.45) is 2.40. The van der Waals surface area contributed by atoms with E-state index in [1.807, 2.05) is 17.9 Å². The molecule has 6 heteroatoms. The summed E-state index contributed by atoms with van der Waals surface area (Å²) in [6.45, 7) is 3.64. The molecular formula is C20H26FNO4. The number of hydrogen-bond donors (Lipinski definition) is 1. The highest BCUT2D eigenvalue weighted by atomic mass is 19.1. The number of aliphatic carboxylic acids is 1. The van der Waals surface area contributed by atoms with Crippen LogP contribution in [-0.2, 0) is 20.7 Å². The van der Waals surface area contributed by atoms with Crippen molar-refractivity contribution in [3.8, 4) is 0 Å². The number of hydrogen-bond acceptors (Lipinski definition) is 3. The molecule has 26 heavy (non-hydrogen) atoms. The topological polar surface area (TPSA) is 66.8 Å². The summed E-state index contributed by atoms with van der Waals surface area (Å²) in [6, 6.07) is 6.37. The molecule has 1 aromatic rings. The Morgan fingerprint density at radius 2 is 2.04 bits per heavy atom. The molecule has 0 aliphatic carbocycles. The summed E-state index contributed by atoms with van der Waals surface area (Å²) in [5.41, 5.74) is 0.824. The van der Waals surface area contributed by atoms with Crippen LogP contribution in [0.4, 0.5) is 4.39 Å². The third kappa shape index (κ3) is 4.23. The van der Waals surface area contributed by atoms with Gasteiger partial charge in [-0.1, -0.05) is 19.1 Å². The highest BCUT2D eigenvalue weighted by molar-refractivity contribution is 5.79. The normalized spacial score (nSPS) is 25.2. The Morgan fingerprint density at radius 3 is 2.69 bits per heavy atom. The highest BCUT2D eigenvalue weighted by Crippen LogP contribution is 2.33. The Balaban J connectivity index is 1.52. The number of amides is 1. The first kappa shape index (κ1) is 18.8. The van der Waals surface area contributed by atoms with Gasteiger partial charge in [0.2, 0.25) is 5.91 Å². The van der Waals surface area contributed by atoms with Crippen molar-refractivity contribution >= 4 is 11.9 Å². The van der Waals surface area contributed by atoms with Crippen LogP contribution in [0.5, 0.6) is 0 Å². The number of carboxylic acid groups (broad SMARTS) is 1. The Bertz CT molecular complexity index is 657. The molecule has 0 radical (unpaired) electrons. The van der Waals surface area contributed by atoms with Gasteiger partial charge < -0.3 is 14.7 Å². The monoisotopic (exact) mass is 363 g/mol. The number of carbonyl (C=O) groups is 2. The quantitative estimate of drug-likeness (QED) is 0.874. The number of carbonyl (C=O) groups excluding carboxylic acids is 1. The zero-order valence-electron chi connectivity index (χ0n) is 15.1. The molecule has 1 amide bonds. The van der Waals surface area contributed by atoms with Gasteiger partial charge in [0, 0.05) is 25.6 Å². The standard InChI is InChI=1S/C20H26FNO4/c1-13(11-14-3-2-4-16(21)12-14)19(23)22-8-5-15(6-9-22)18-17(20(24)25)7-10-26-18/h2-4,12-13,15,17-18H,5-11H2,1H3,(H,24,25)/t13?,17?,18-/m0/s1. The molecule has 142 valence electrons. The third-order valence-electron chi connectivity index (χ3n) is 5.62. The lowest BCUT2D eigenvalue weighted by molar-refractivity contribution is -0.146. The Morgan fingerprint density at radius 1 is 1.31 bits per heavy atom. The van der Waals surface area contributed by atoms with E-state index >= 15 is 0 Å². The number of likely N-dealkylation sites (tertiary alicyclic amines) is 1. The second-order valence-corrected chi connectivity index (χ2v) is 7.47. The average Bonchev–Trinajstić information content (AvgIpc) is 3.11. The first-order valence-corrected chi connectivity index (χ1v) is 9.33. The predicted octanol–water partition coefficient (Wildman–Crippen LogP) is 2.73. The van der Waals surface area contributed by atoms with E-state index in [0.717, 1.165) is 18.4 Å². The summed E-state index contributed by atoms with van der Waals surface area (Å²) < 4.78 is 19.0. The molecule has 0 saturated carbocycles. The summed E-state index contributed by atoms with van der Waals surface area (Å²) in [4.78, 5) is 25.9. The molecule has 2 unspecified atom stereocenters. The van der Waals surface area contributed by atoms with E-state index in [1.165, 1.54) is 12.1 Å². The van der Waals surface area contributed by atoms with Gasteiger partial charge in [0.15, 0.2) is 0 Å². The lowest BCUT2D eigenvalue weighted by Gasteiger charge is -2.36. The Kier molecular flexibility index (Phi) is 5.91. The van der Waals surface area contributed by atoms with E-state index in [2.05, 4.69) is 0 Å². The molecule has 2 aliphatic rings. The fraction of sp³-hybridized carbons (Fsp3) is 0.600. The molecule has 2 fully saturated rings. The van der Waals surface area contributed by atoms with Crippen molar-refractivity contribution in [1.82, 2.24) is 4.90 Å². The summed E-state index contributed by atoms with van der Waals surface area (Å²) in [5, 5.41) is 9.32. The molecule has 3 atom stereocenters. The predicted molar refractivity (Wildman–Crippen MR) is 94.1 cm³/mol. The van der Waals surface area contributed by atoms with Crippen LogP contribution in [0.2, 0.25) is 0 Å². The van der Waals surface area contributed by atoms with Crippen LogP contribution in [-0.4, -0.2) is 47.7 Å². The molecule has 2 saturated heterocycles. The lowest BCUT2D eigenvalue weighted by Crippen LogP contribution is -2.45. The summed E-state index contributed by atoms with van der Waals surface area (Å²) in [5.74, 6) is -1.42. The van der Waals surface area contributed by atoms with Crippen LogP contribution in [0.15, 0.2) is 24.3 Å². The van der Waals surface area contributed by atoms with E-state index in [0.29, 0.717) is 32.5 Å². The number of ether oxygens (including phenoxy) is 1. The fourth-order valence-corrected chi connectivity index (χ4v) is 4.20.